The largest absolute Gasteiger partial charge is 0.497 e. The number of carbonyl (C=O) groups excluding carboxylic acids is 1. The first kappa shape index (κ1) is 13.6. The molecule has 0 aliphatic rings. The van der Waals surface area contributed by atoms with Crippen LogP contribution in [-0.4, -0.2) is 20.5 Å². The van der Waals surface area contributed by atoms with Crippen LogP contribution in [0.3, 0.4) is 0 Å². The third-order valence-electron chi connectivity index (χ3n) is 3.00. The van der Waals surface area contributed by atoms with Gasteiger partial charge >= 0.3 is 0 Å². The highest BCUT2D eigenvalue weighted by atomic mass is 32.1. The lowest BCUT2D eigenvalue weighted by atomic mass is 9.98. The third kappa shape index (κ3) is 3.15. The van der Waals surface area contributed by atoms with Crippen LogP contribution in [0.25, 0.3) is 0 Å². The van der Waals surface area contributed by atoms with Crippen molar-refractivity contribution >= 4 is 17.6 Å². The molecule has 2 rings (SSSR count). The summed E-state index contributed by atoms with van der Waals surface area (Å²) in [6, 6.07) is 9.58. The maximum absolute atomic E-state index is 11.3. The molecule has 0 saturated heterocycles. The van der Waals surface area contributed by atoms with Crippen molar-refractivity contribution < 1.29 is 14.3 Å². The van der Waals surface area contributed by atoms with Crippen LogP contribution in [0.1, 0.15) is 16.4 Å². The van der Waals surface area contributed by atoms with Crippen molar-refractivity contribution in [2.45, 2.75) is 12.3 Å². The molecule has 0 N–H and O–H groups in total. The van der Waals surface area contributed by atoms with Crippen LogP contribution < -0.4 is 9.47 Å². The summed E-state index contributed by atoms with van der Waals surface area (Å²) in [5, 5.41) is 1.98. The minimum absolute atomic E-state index is 0.138. The van der Waals surface area contributed by atoms with Gasteiger partial charge in [-0.3, -0.25) is 0 Å². The highest BCUT2D eigenvalue weighted by molar-refractivity contribution is 7.10. The number of hydrogen-bond acceptors (Lipinski definition) is 4. The first-order valence-electron chi connectivity index (χ1n) is 5.98. The minimum Gasteiger partial charge on any atom is -0.497 e. The summed E-state index contributed by atoms with van der Waals surface area (Å²) in [5.41, 5.74) is 0.979. The van der Waals surface area contributed by atoms with Crippen LogP contribution in [0.2, 0.25) is 0 Å². The Labute approximate surface area is 116 Å². The van der Waals surface area contributed by atoms with Crippen molar-refractivity contribution in [2.24, 2.45) is 0 Å². The van der Waals surface area contributed by atoms with E-state index < -0.39 is 0 Å². The number of thiophene rings is 1. The molecule has 3 nitrogen and oxygen atoms in total. The number of rotatable bonds is 6. The van der Waals surface area contributed by atoms with Gasteiger partial charge in [0.05, 0.1) is 20.1 Å². The number of aldehydes is 1. The molecule has 1 atom stereocenters. The fourth-order valence-electron chi connectivity index (χ4n) is 2.00. The second-order valence-corrected chi connectivity index (χ2v) is 5.12. The van der Waals surface area contributed by atoms with Crippen molar-refractivity contribution in [3.63, 3.8) is 0 Å². The molecular formula is C15H16O3S. The molecule has 0 bridgehead atoms. The molecule has 1 aromatic heterocycles. The van der Waals surface area contributed by atoms with E-state index in [-0.39, 0.29) is 5.92 Å². The van der Waals surface area contributed by atoms with Crippen molar-refractivity contribution in [2.75, 3.05) is 14.2 Å². The van der Waals surface area contributed by atoms with E-state index in [1.165, 1.54) is 0 Å². The Morgan fingerprint density at radius 2 is 2.11 bits per heavy atom. The second kappa shape index (κ2) is 6.38. The van der Waals surface area contributed by atoms with E-state index in [0.717, 1.165) is 28.2 Å². The molecule has 0 aliphatic heterocycles. The molecule has 0 amide bonds. The molecule has 19 heavy (non-hydrogen) atoms. The Bertz CT molecular complexity index is 534. The molecule has 2 aromatic rings. The zero-order chi connectivity index (χ0) is 13.7. The molecule has 0 aliphatic carbocycles. The molecule has 1 unspecified atom stereocenters. The number of ether oxygens (including phenoxy) is 2. The Morgan fingerprint density at radius 3 is 2.68 bits per heavy atom. The van der Waals surface area contributed by atoms with E-state index in [9.17, 15) is 4.79 Å². The quantitative estimate of drug-likeness (QED) is 0.759. The van der Waals surface area contributed by atoms with Crippen LogP contribution >= 0.6 is 11.3 Å². The van der Waals surface area contributed by atoms with Gasteiger partial charge < -0.3 is 14.3 Å². The van der Waals surface area contributed by atoms with Gasteiger partial charge in [-0.15, -0.1) is 11.3 Å². The first-order chi connectivity index (χ1) is 9.28. The minimum atomic E-state index is -0.138. The van der Waals surface area contributed by atoms with Crippen LogP contribution in [0, 0.1) is 0 Å². The van der Waals surface area contributed by atoms with Gasteiger partial charge in [0.25, 0.3) is 0 Å². The summed E-state index contributed by atoms with van der Waals surface area (Å²) in [6.45, 7) is 0. The zero-order valence-corrected chi connectivity index (χ0v) is 11.8. The fourth-order valence-corrected chi connectivity index (χ4v) is 2.78. The molecule has 0 radical (unpaired) electrons. The standard InChI is InChI=1S/C15H16O3S/c1-17-13-5-6-14(18-2)11(9-13)8-12(10-16)15-4-3-7-19-15/h3-7,9-10,12H,8H2,1-2H3. The van der Waals surface area contributed by atoms with E-state index in [1.54, 1.807) is 25.6 Å². The number of benzene rings is 1. The lowest BCUT2D eigenvalue weighted by Crippen LogP contribution is -2.04. The second-order valence-electron chi connectivity index (χ2n) is 4.14. The Balaban J connectivity index is 2.28. The van der Waals surface area contributed by atoms with Crippen molar-refractivity contribution in [1.29, 1.82) is 0 Å². The average molecular weight is 276 g/mol. The summed E-state index contributed by atoms with van der Waals surface area (Å²) in [4.78, 5) is 12.4. The van der Waals surface area contributed by atoms with Gasteiger partial charge in [0, 0.05) is 4.88 Å². The number of hydrogen-bond donors (Lipinski definition) is 0. The average Bonchev–Trinajstić information content (AvgIpc) is 2.98. The molecule has 100 valence electrons. The highest BCUT2D eigenvalue weighted by Crippen LogP contribution is 2.30. The number of carbonyl (C=O) groups is 1. The van der Waals surface area contributed by atoms with E-state index in [1.807, 2.05) is 35.7 Å². The maximum Gasteiger partial charge on any atom is 0.128 e. The summed E-state index contributed by atoms with van der Waals surface area (Å²) < 4.78 is 10.6. The summed E-state index contributed by atoms with van der Waals surface area (Å²) in [5.74, 6) is 1.41. The SMILES string of the molecule is COc1ccc(OC)c(CC(C=O)c2cccs2)c1. The Hall–Kier alpha value is -1.81. The fraction of sp³-hybridized carbons (Fsp3) is 0.267. The Morgan fingerprint density at radius 1 is 1.26 bits per heavy atom. The van der Waals surface area contributed by atoms with Gasteiger partial charge in [0.1, 0.15) is 17.8 Å². The smallest absolute Gasteiger partial charge is 0.128 e. The van der Waals surface area contributed by atoms with Gasteiger partial charge in [-0.1, -0.05) is 6.07 Å². The van der Waals surface area contributed by atoms with E-state index >= 15 is 0 Å². The lowest BCUT2D eigenvalue weighted by Gasteiger charge is -2.13. The predicted molar refractivity (Wildman–Crippen MR) is 76.4 cm³/mol. The van der Waals surface area contributed by atoms with Gasteiger partial charge in [-0.2, -0.15) is 0 Å². The molecule has 0 fully saturated rings. The lowest BCUT2D eigenvalue weighted by molar-refractivity contribution is -0.109. The van der Waals surface area contributed by atoms with E-state index in [0.29, 0.717) is 6.42 Å². The van der Waals surface area contributed by atoms with E-state index in [4.69, 9.17) is 9.47 Å². The molecule has 0 spiro atoms. The van der Waals surface area contributed by atoms with Gasteiger partial charge in [0.2, 0.25) is 0 Å². The molecular weight excluding hydrogens is 260 g/mol. The summed E-state index contributed by atoms with van der Waals surface area (Å²) in [7, 11) is 3.26. The van der Waals surface area contributed by atoms with Crippen LogP contribution in [0.4, 0.5) is 0 Å². The Kier molecular flexibility index (Phi) is 4.58. The van der Waals surface area contributed by atoms with Crippen molar-refractivity contribution in [3.05, 3.63) is 46.2 Å². The molecule has 1 aromatic carbocycles. The van der Waals surface area contributed by atoms with E-state index in [2.05, 4.69) is 0 Å². The number of methoxy groups -OCH3 is 2. The van der Waals surface area contributed by atoms with Gasteiger partial charge in [0.15, 0.2) is 0 Å². The summed E-state index contributed by atoms with van der Waals surface area (Å²) >= 11 is 1.59. The van der Waals surface area contributed by atoms with Crippen LogP contribution in [0.15, 0.2) is 35.7 Å². The van der Waals surface area contributed by atoms with Crippen LogP contribution in [0.5, 0.6) is 11.5 Å². The first-order valence-corrected chi connectivity index (χ1v) is 6.86. The highest BCUT2D eigenvalue weighted by Gasteiger charge is 2.15. The van der Waals surface area contributed by atoms with Crippen molar-refractivity contribution in [1.82, 2.24) is 0 Å². The topological polar surface area (TPSA) is 35.5 Å². The zero-order valence-electron chi connectivity index (χ0n) is 11.0. The maximum atomic E-state index is 11.3. The monoisotopic (exact) mass is 276 g/mol. The van der Waals surface area contributed by atoms with Gasteiger partial charge in [-0.25, -0.2) is 0 Å². The molecule has 0 saturated carbocycles. The third-order valence-corrected chi connectivity index (χ3v) is 4.00. The van der Waals surface area contributed by atoms with Gasteiger partial charge in [-0.05, 0) is 41.6 Å². The molecule has 4 heteroatoms. The predicted octanol–water partition coefficient (Wildman–Crippen LogP) is 3.29. The van der Waals surface area contributed by atoms with Crippen LogP contribution in [-0.2, 0) is 11.2 Å². The normalized spacial score (nSPS) is 11.9. The molecule has 1 heterocycles. The summed E-state index contributed by atoms with van der Waals surface area (Å²) in [6.07, 6.45) is 1.61. The van der Waals surface area contributed by atoms with Crippen molar-refractivity contribution in [3.8, 4) is 11.5 Å².